The second-order valence-corrected chi connectivity index (χ2v) is 14.8. The zero-order valence-corrected chi connectivity index (χ0v) is 28.6. The first-order valence-electron chi connectivity index (χ1n) is 15.1. The van der Waals surface area contributed by atoms with Crippen molar-refractivity contribution in [1.29, 1.82) is 0 Å². The number of halogens is 3. The zero-order valence-electron chi connectivity index (χ0n) is 23.8. The predicted molar refractivity (Wildman–Crippen MR) is 202 cm³/mol. The standard InChI is InChI=1S/C36H21B3Br3N3/c40-22-13-16-34-28(19-22)25-7-1-4-10-31(25)37-43(34)38-32-11-5-2-9-27(32)30-21-24(42)15-18-36(30)45(38)39-33-12-6-3-8-26(33)29-20-23(41)14-17-35(29)44(37)39/h1-21H. The molecule has 0 bridgehead atoms. The normalized spacial score (nSPS) is 14.7. The van der Waals surface area contributed by atoms with Gasteiger partial charge in [-0.3, -0.25) is 0 Å². The van der Waals surface area contributed by atoms with Gasteiger partial charge >= 0.3 is 20.9 Å². The summed E-state index contributed by atoms with van der Waals surface area (Å²) in [5.41, 5.74) is 15.3. The average Bonchev–Trinajstić information content (AvgIpc) is 3.07. The van der Waals surface area contributed by atoms with Gasteiger partial charge in [0.05, 0.1) is 0 Å². The highest BCUT2D eigenvalue weighted by molar-refractivity contribution is 9.11. The Bertz CT molecular complexity index is 1980. The second-order valence-electron chi connectivity index (χ2n) is 12.1. The van der Waals surface area contributed by atoms with Crippen LogP contribution in [0.15, 0.2) is 141 Å². The molecule has 0 amide bonds. The van der Waals surface area contributed by atoms with E-state index in [0.717, 1.165) is 13.4 Å². The summed E-state index contributed by atoms with van der Waals surface area (Å²) < 4.78 is 11.3. The molecule has 0 spiro atoms. The highest BCUT2D eigenvalue weighted by atomic mass is 79.9. The molecule has 4 heterocycles. The van der Waals surface area contributed by atoms with E-state index in [0.29, 0.717) is 0 Å². The van der Waals surface area contributed by atoms with Crippen LogP contribution < -0.4 is 30.6 Å². The molecule has 0 unspecified atom stereocenters. The van der Waals surface area contributed by atoms with Crippen molar-refractivity contribution in [2.45, 2.75) is 0 Å². The van der Waals surface area contributed by atoms with E-state index in [9.17, 15) is 0 Å². The van der Waals surface area contributed by atoms with Gasteiger partial charge < -0.3 is 14.2 Å². The van der Waals surface area contributed by atoms with Crippen molar-refractivity contribution >= 4 is 102 Å². The van der Waals surface area contributed by atoms with Crippen LogP contribution in [0.3, 0.4) is 0 Å². The Morgan fingerprint density at radius 3 is 0.933 bits per heavy atom. The lowest BCUT2D eigenvalue weighted by atomic mass is 9.34. The van der Waals surface area contributed by atoms with Crippen molar-refractivity contribution < 1.29 is 0 Å². The molecule has 6 aromatic rings. The van der Waals surface area contributed by atoms with Crippen LogP contribution in [0.4, 0.5) is 17.1 Å². The molecule has 4 aliphatic heterocycles. The summed E-state index contributed by atoms with van der Waals surface area (Å²) >= 11 is 11.4. The third-order valence-corrected chi connectivity index (χ3v) is 11.4. The molecule has 0 radical (unpaired) electrons. The average molecular weight is 768 g/mol. The third-order valence-electron chi connectivity index (χ3n) is 9.88. The first-order valence-corrected chi connectivity index (χ1v) is 17.5. The van der Waals surface area contributed by atoms with Crippen LogP contribution in [0, 0.1) is 0 Å². The molecule has 210 valence electrons. The molecule has 1 fully saturated rings. The van der Waals surface area contributed by atoms with Crippen molar-refractivity contribution in [3.63, 3.8) is 0 Å². The van der Waals surface area contributed by atoms with Crippen LogP contribution in [0.1, 0.15) is 0 Å². The summed E-state index contributed by atoms with van der Waals surface area (Å²) in [4.78, 5) is 0. The van der Waals surface area contributed by atoms with Gasteiger partial charge in [-0.25, -0.2) is 0 Å². The molecule has 6 aromatic carbocycles. The number of hydrogen-bond acceptors (Lipinski definition) is 3. The van der Waals surface area contributed by atoms with E-state index in [1.165, 1.54) is 66.8 Å². The molecule has 0 aromatic heterocycles. The summed E-state index contributed by atoms with van der Waals surface area (Å²) in [5, 5.41) is 0. The van der Waals surface area contributed by atoms with Crippen LogP contribution in [0.5, 0.6) is 0 Å². The molecule has 0 N–H and O–H groups in total. The number of rotatable bonds is 0. The van der Waals surface area contributed by atoms with Gasteiger partial charge in [0, 0.05) is 47.2 Å². The van der Waals surface area contributed by atoms with Crippen LogP contribution in [-0.4, -0.2) is 20.9 Å². The van der Waals surface area contributed by atoms with E-state index < -0.39 is 0 Å². The summed E-state index contributed by atoms with van der Waals surface area (Å²) in [5.74, 6) is 0. The molecular formula is C36H21B3Br3N3. The molecule has 0 atom stereocenters. The molecule has 9 heteroatoms. The van der Waals surface area contributed by atoms with Crippen LogP contribution >= 0.6 is 47.8 Å². The molecule has 0 aliphatic carbocycles. The minimum absolute atomic E-state index is 0.0422. The Labute approximate surface area is 288 Å². The summed E-state index contributed by atoms with van der Waals surface area (Å²) in [6.07, 6.45) is 0. The third kappa shape index (κ3) is 3.60. The number of benzene rings is 6. The lowest BCUT2D eigenvalue weighted by Gasteiger charge is -2.61. The van der Waals surface area contributed by atoms with Gasteiger partial charge in [-0.05, 0) is 87.7 Å². The fraction of sp³-hybridized carbons (Fsp3) is 0. The molecule has 10 rings (SSSR count). The number of anilines is 3. The van der Waals surface area contributed by atoms with Gasteiger partial charge in [-0.2, -0.15) is 0 Å². The largest absolute Gasteiger partial charge is 0.416 e. The van der Waals surface area contributed by atoms with Crippen molar-refractivity contribution in [2.75, 3.05) is 14.2 Å². The quantitative estimate of drug-likeness (QED) is 0.146. The summed E-state index contributed by atoms with van der Waals surface area (Å²) in [6, 6.07) is 47.4. The molecule has 4 aliphatic rings. The summed E-state index contributed by atoms with van der Waals surface area (Å²) in [6.45, 7) is -0.126. The Morgan fingerprint density at radius 2 is 0.622 bits per heavy atom. The second kappa shape index (κ2) is 9.68. The Balaban J connectivity index is 1.37. The van der Waals surface area contributed by atoms with E-state index in [4.69, 9.17) is 0 Å². The van der Waals surface area contributed by atoms with Crippen molar-refractivity contribution in [3.05, 3.63) is 141 Å². The lowest BCUT2D eigenvalue weighted by molar-refractivity contribution is 1.26. The van der Waals surface area contributed by atoms with Crippen LogP contribution in [-0.2, 0) is 0 Å². The van der Waals surface area contributed by atoms with Gasteiger partial charge in [0.25, 0.3) is 0 Å². The van der Waals surface area contributed by atoms with E-state index in [-0.39, 0.29) is 20.9 Å². The fourth-order valence-electron chi connectivity index (χ4n) is 8.24. The maximum Gasteiger partial charge on any atom is 0.389 e. The van der Waals surface area contributed by atoms with E-state index in [1.807, 2.05) is 0 Å². The monoisotopic (exact) mass is 765 g/mol. The SMILES string of the molecule is Brc1ccc2c(c1)-c1ccccc1B1N2B2c3ccccc3-c3cc(Br)ccc3N2B2c3ccccc3-c3cc(Br)ccc3N12. The first kappa shape index (κ1) is 26.6. The van der Waals surface area contributed by atoms with Crippen molar-refractivity contribution in [2.24, 2.45) is 0 Å². The van der Waals surface area contributed by atoms with Crippen LogP contribution in [0.25, 0.3) is 33.4 Å². The highest BCUT2D eigenvalue weighted by Gasteiger charge is 2.61. The Kier molecular flexibility index (Phi) is 5.71. The minimum Gasteiger partial charge on any atom is -0.416 e. The van der Waals surface area contributed by atoms with Gasteiger partial charge in [-0.15, -0.1) is 0 Å². The van der Waals surface area contributed by atoms with Gasteiger partial charge in [0.1, 0.15) is 0 Å². The fourth-order valence-corrected chi connectivity index (χ4v) is 9.33. The molecular weight excluding hydrogens is 747 g/mol. The molecule has 45 heavy (non-hydrogen) atoms. The Hall–Kier alpha value is -3.65. The number of fused-ring (bicyclic) bond motifs is 21. The maximum atomic E-state index is 3.81. The number of hydrogen-bond donors (Lipinski definition) is 0. The maximum absolute atomic E-state index is 3.81. The van der Waals surface area contributed by atoms with Gasteiger partial charge in [0.15, 0.2) is 0 Å². The topological polar surface area (TPSA) is 9.72 Å². The molecule has 1 saturated heterocycles. The molecule has 3 nitrogen and oxygen atoms in total. The lowest BCUT2D eigenvalue weighted by Crippen LogP contribution is -2.88. The highest BCUT2D eigenvalue weighted by Crippen LogP contribution is 2.49. The summed E-state index contributed by atoms with van der Waals surface area (Å²) in [7, 11) is 0. The van der Waals surface area contributed by atoms with Gasteiger partial charge in [0.2, 0.25) is 0 Å². The van der Waals surface area contributed by atoms with E-state index in [1.54, 1.807) is 0 Å². The molecule has 0 saturated carbocycles. The van der Waals surface area contributed by atoms with Crippen molar-refractivity contribution in [3.8, 4) is 33.4 Å². The van der Waals surface area contributed by atoms with Crippen LogP contribution in [0.2, 0.25) is 0 Å². The Morgan fingerprint density at radius 1 is 0.333 bits per heavy atom. The zero-order chi connectivity index (χ0) is 30.0. The number of nitrogens with zero attached hydrogens (tertiary/aromatic N) is 3. The predicted octanol–water partition coefficient (Wildman–Crippen LogP) is 7.93. The van der Waals surface area contributed by atoms with E-state index >= 15 is 0 Å². The first-order chi connectivity index (χ1) is 22.1. The van der Waals surface area contributed by atoms with Gasteiger partial charge in [-0.1, -0.05) is 121 Å². The minimum atomic E-state index is -0.0422. The van der Waals surface area contributed by atoms with Crippen molar-refractivity contribution in [1.82, 2.24) is 0 Å². The smallest absolute Gasteiger partial charge is 0.389 e. The van der Waals surface area contributed by atoms with E-state index in [2.05, 4.69) is 189 Å².